The molecule has 1 aromatic heterocycles. The van der Waals surface area contributed by atoms with Crippen molar-refractivity contribution in [3.05, 3.63) is 17.8 Å². The van der Waals surface area contributed by atoms with Gasteiger partial charge in [-0.25, -0.2) is 0 Å². The molecule has 0 saturated carbocycles. The largest absolute Gasteiger partial charge is 0.366 e. The first-order valence-corrected chi connectivity index (χ1v) is 7.60. The molecule has 1 atom stereocenters. The number of nitrogens with zero attached hydrogens (tertiary/aromatic N) is 3. The number of anilines is 1. The van der Waals surface area contributed by atoms with E-state index in [1.807, 2.05) is 11.0 Å². The highest BCUT2D eigenvalue weighted by molar-refractivity contribution is 5.92. The second-order valence-corrected chi connectivity index (χ2v) is 5.46. The average Bonchev–Trinajstić information content (AvgIpc) is 2.76. The number of rotatable bonds is 4. The zero-order chi connectivity index (χ0) is 14.4. The molecule has 1 aliphatic rings. The van der Waals surface area contributed by atoms with E-state index in [0.717, 1.165) is 38.2 Å². The van der Waals surface area contributed by atoms with E-state index >= 15 is 0 Å². The third kappa shape index (κ3) is 3.92. The van der Waals surface area contributed by atoms with Crippen LogP contribution in [-0.2, 0) is 0 Å². The smallest absolute Gasteiger partial charge is 0.274 e. The van der Waals surface area contributed by atoms with Gasteiger partial charge in [-0.05, 0) is 38.3 Å². The van der Waals surface area contributed by atoms with Crippen LogP contribution in [0, 0.1) is 0 Å². The number of aromatic nitrogens is 2. The molecule has 2 heterocycles. The number of likely N-dealkylation sites (tertiary alicyclic amines) is 1. The quantitative estimate of drug-likeness (QED) is 0.918. The Morgan fingerprint density at radius 3 is 2.50 bits per heavy atom. The van der Waals surface area contributed by atoms with Crippen molar-refractivity contribution in [3.8, 4) is 0 Å². The minimum atomic E-state index is 0.00879. The van der Waals surface area contributed by atoms with Crippen LogP contribution in [0.5, 0.6) is 0 Å². The molecule has 110 valence electrons. The van der Waals surface area contributed by atoms with Crippen LogP contribution < -0.4 is 5.32 Å². The number of hydrogen-bond donors (Lipinski definition) is 1. The Kier molecular flexibility index (Phi) is 5.32. The van der Waals surface area contributed by atoms with Crippen molar-refractivity contribution in [2.24, 2.45) is 0 Å². The molecule has 0 aromatic carbocycles. The third-order valence-corrected chi connectivity index (χ3v) is 3.78. The molecule has 1 N–H and O–H groups in total. The van der Waals surface area contributed by atoms with E-state index in [1.54, 1.807) is 6.07 Å². The van der Waals surface area contributed by atoms with Gasteiger partial charge in [0.1, 0.15) is 5.82 Å². The number of carbonyl (C=O) groups excluding carboxylic acids is 1. The highest BCUT2D eigenvalue weighted by Gasteiger charge is 2.18. The maximum atomic E-state index is 12.3. The van der Waals surface area contributed by atoms with Crippen molar-refractivity contribution >= 4 is 11.7 Å². The molecule has 1 unspecified atom stereocenters. The highest BCUT2D eigenvalue weighted by atomic mass is 16.2. The lowest BCUT2D eigenvalue weighted by Gasteiger charge is -2.19. The monoisotopic (exact) mass is 276 g/mol. The summed E-state index contributed by atoms with van der Waals surface area (Å²) in [6.07, 6.45) is 5.64. The van der Waals surface area contributed by atoms with Gasteiger partial charge < -0.3 is 10.2 Å². The Morgan fingerprint density at radius 2 is 1.95 bits per heavy atom. The van der Waals surface area contributed by atoms with Gasteiger partial charge in [-0.1, -0.05) is 19.8 Å². The maximum Gasteiger partial charge on any atom is 0.274 e. The van der Waals surface area contributed by atoms with E-state index in [4.69, 9.17) is 0 Å². The summed E-state index contributed by atoms with van der Waals surface area (Å²) in [5.74, 6) is 0.737. The van der Waals surface area contributed by atoms with E-state index in [0.29, 0.717) is 11.7 Å². The number of hydrogen-bond acceptors (Lipinski definition) is 4. The molecule has 1 fully saturated rings. The second-order valence-electron chi connectivity index (χ2n) is 5.46. The van der Waals surface area contributed by atoms with Gasteiger partial charge in [0.05, 0.1) is 0 Å². The normalized spacial score (nSPS) is 17.4. The molecule has 20 heavy (non-hydrogen) atoms. The minimum absolute atomic E-state index is 0.00879. The van der Waals surface area contributed by atoms with Gasteiger partial charge in [0, 0.05) is 19.1 Å². The molecular formula is C15H24N4O. The fraction of sp³-hybridized carbons (Fsp3) is 0.667. The summed E-state index contributed by atoms with van der Waals surface area (Å²) in [6.45, 7) is 5.89. The Bertz CT molecular complexity index is 424. The van der Waals surface area contributed by atoms with Crippen LogP contribution in [-0.4, -0.2) is 40.1 Å². The van der Waals surface area contributed by atoms with Gasteiger partial charge in [-0.3, -0.25) is 4.79 Å². The Hall–Kier alpha value is -1.65. The molecule has 1 aromatic rings. The predicted octanol–water partition coefficient (Wildman–Crippen LogP) is 2.70. The number of amides is 1. The van der Waals surface area contributed by atoms with Gasteiger partial charge in [0.15, 0.2) is 5.69 Å². The second kappa shape index (κ2) is 7.22. The topological polar surface area (TPSA) is 58.1 Å². The van der Waals surface area contributed by atoms with Crippen LogP contribution in [0.15, 0.2) is 12.1 Å². The minimum Gasteiger partial charge on any atom is -0.366 e. The first-order chi connectivity index (χ1) is 9.70. The Balaban J connectivity index is 1.99. The van der Waals surface area contributed by atoms with Crippen LogP contribution in [0.1, 0.15) is 56.4 Å². The molecule has 0 radical (unpaired) electrons. The lowest BCUT2D eigenvalue weighted by molar-refractivity contribution is 0.0754. The predicted molar refractivity (Wildman–Crippen MR) is 79.8 cm³/mol. The number of carbonyl (C=O) groups is 1. The van der Waals surface area contributed by atoms with Gasteiger partial charge in [0.25, 0.3) is 5.91 Å². The maximum absolute atomic E-state index is 12.3. The van der Waals surface area contributed by atoms with E-state index in [-0.39, 0.29) is 5.91 Å². The van der Waals surface area contributed by atoms with Crippen molar-refractivity contribution in [1.82, 2.24) is 15.1 Å². The average molecular weight is 276 g/mol. The van der Waals surface area contributed by atoms with Gasteiger partial charge >= 0.3 is 0 Å². The first kappa shape index (κ1) is 14.8. The van der Waals surface area contributed by atoms with Crippen LogP contribution >= 0.6 is 0 Å². The van der Waals surface area contributed by atoms with Crippen molar-refractivity contribution in [1.29, 1.82) is 0 Å². The van der Waals surface area contributed by atoms with Crippen molar-refractivity contribution in [2.75, 3.05) is 18.4 Å². The first-order valence-electron chi connectivity index (χ1n) is 7.60. The van der Waals surface area contributed by atoms with Crippen molar-refractivity contribution in [2.45, 2.75) is 52.0 Å². The molecule has 2 rings (SSSR count). The summed E-state index contributed by atoms with van der Waals surface area (Å²) in [7, 11) is 0. The lowest BCUT2D eigenvalue weighted by Crippen LogP contribution is -2.32. The summed E-state index contributed by atoms with van der Waals surface area (Å²) in [5.41, 5.74) is 0.446. The zero-order valence-electron chi connectivity index (χ0n) is 12.4. The molecule has 1 amide bonds. The molecule has 1 aliphatic heterocycles. The highest BCUT2D eigenvalue weighted by Crippen LogP contribution is 2.13. The fourth-order valence-corrected chi connectivity index (χ4v) is 2.31. The third-order valence-electron chi connectivity index (χ3n) is 3.78. The molecule has 5 nitrogen and oxygen atoms in total. The van der Waals surface area contributed by atoms with Crippen LogP contribution in [0.3, 0.4) is 0 Å². The molecule has 0 spiro atoms. The summed E-state index contributed by atoms with van der Waals surface area (Å²) in [5, 5.41) is 11.4. The van der Waals surface area contributed by atoms with Crippen molar-refractivity contribution < 1.29 is 4.79 Å². The van der Waals surface area contributed by atoms with Gasteiger partial charge in [-0.15, -0.1) is 10.2 Å². The lowest BCUT2D eigenvalue weighted by atomic mass is 10.2. The standard InChI is InChI=1S/C15H24N4O/c1-3-12(2)16-14-9-8-13(17-18-14)15(20)19-10-6-4-5-7-11-19/h8-9,12H,3-7,10-11H2,1-2H3,(H,16,18). The van der Waals surface area contributed by atoms with Gasteiger partial charge in [0.2, 0.25) is 0 Å². The van der Waals surface area contributed by atoms with E-state index in [9.17, 15) is 4.79 Å². The fourth-order valence-electron chi connectivity index (χ4n) is 2.31. The Labute approximate surface area is 120 Å². The molecule has 1 saturated heterocycles. The molecule has 0 aliphatic carbocycles. The number of nitrogens with one attached hydrogen (secondary N) is 1. The summed E-state index contributed by atoms with van der Waals surface area (Å²) < 4.78 is 0. The molecule has 0 bridgehead atoms. The van der Waals surface area contributed by atoms with E-state index in [2.05, 4.69) is 29.4 Å². The molecular weight excluding hydrogens is 252 g/mol. The van der Waals surface area contributed by atoms with E-state index < -0.39 is 0 Å². The SMILES string of the molecule is CCC(C)Nc1ccc(C(=O)N2CCCCCC2)nn1. The summed E-state index contributed by atoms with van der Waals surface area (Å²) in [4.78, 5) is 14.2. The van der Waals surface area contributed by atoms with Crippen LogP contribution in [0.25, 0.3) is 0 Å². The van der Waals surface area contributed by atoms with Crippen LogP contribution in [0.2, 0.25) is 0 Å². The van der Waals surface area contributed by atoms with Crippen LogP contribution in [0.4, 0.5) is 5.82 Å². The zero-order valence-corrected chi connectivity index (χ0v) is 12.4. The Morgan fingerprint density at radius 1 is 1.25 bits per heavy atom. The summed E-state index contributed by atoms with van der Waals surface area (Å²) >= 11 is 0. The summed E-state index contributed by atoms with van der Waals surface area (Å²) in [6, 6.07) is 3.96. The van der Waals surface area contributed by atoms with E-state index in [1.165, 1.54) is 12.8 Å². The molecule has 5 heteroatoms. The van der Waals surface area contributed by atoms with Crippen molar-refractivity contribution in [3.63, 3.8) is 0 Å². The van der Waals surface area contributed by atoms with Gasteiger partial charge in [-0.2, -0.15) is 0 Å².